The van der Waals surface area contributed by atoms with E-state index in [4.69, 9.17) is 14.2 Å². The summed E-state index contributed by atoms with van der Waals surface area (Å²) in [5, 5.41) is 4.20. The van der Waals surface area contributed by atoms with Gasteiger partial charge in [-0.3, -0.25) is 4.90 Å². The molecule has 0 aliphatic carbocycles. The van der Waals surface area contributed by atoms with Crippen LogP contribution in [0.25, 0.3) is 22.6 Å². The van der Waals surface area contributed by atoms with Gasteiger partial charge in [0.15, 0.2) is 5.76 Å². The summed E-state index contributed by atoms with van der Waals surface area (Å²) in [6, 6.07) is 33.1. The molecule has 0 spiro atoms. The number of rotatable bonds is 15. The summed E-state index contributed by atoms with van der Waals surface area (Å²) in [5.41, 5.74) is 5.67. The zero-order valence-corrected chi connectivity index (χ0v) is 24.2. The predicted octanol–water partition coefficient (Wildman–Crippen LogP) is 8.39. The molecule has 0 unspecified atom stereocenters. The van der Waals surface area contributed by atoms with Crippen LogP contribution in [-0.4, -0.2) is 26.2 Å². The standard InChI is InChI=1S/C35H40N4O2/c1-3-5-22-38(25-31-24-33(37-41-31)40-27-28-16-10-7-11-17-28)26-32-34(29-18-12-8-13-19-29)36-35(39(32)23-6-4-2)30-20-14-9-15-21-30/h7-21,24H,3-6,22-23,25-27H2,1-2H3. The molecule has 0 bridgehead atoms. The lowest BCUT2D eigenvalue weighted by molar-refractivity contribution is 0.211. The fourth-order valence-corrected chi connectivity index (χ4v) is 5.03. The smallest absolute Gasteiger partial charge is 0.254 e. The lowest BCUT2D eigenvalue weighted by atomic mass is 10.1. The van der Waals surface area contributed by atoms with E-state index in [9.17, 15) is 0 Å². The third kappa shape index (κ3) is 7.53. The van der Waals surface area contributed by atoms with E-state index in [2.05, 4.69) is 89.1 Å². The SMILES string of the molecule is CCCCN(Cc1cc(OCc2ccccc2)no1)Cc1c(-c2ccccc2)nc(-c2ccccc2)n1CCCC. The Kier molecular flexibility index (Phi) is 10.0. The average Bonchev–Trinajstić information content (AvgIpc) is 3.63. The number of aromatic nitrogens is 3. The monoisotopic (exact) mass is 548 g/mol. The molecular formula is C35H40N4O2. The number of hydrogen-bond donors (Lipinski definition) is 0. The third-order valence-corrected chi connectivity index (χ3v) is 7.23. The number of imidazole rings is 1. The van der Waals surface area contributed by atoms with Crippen molar-refractivity contribution >= 4 is 0 Å². The van der Waals surface area contributed by atoms with E-state index >= 15 is 0 Å². The highest BCUT2D eigenvalue weighted by Crippen LogP contribution is 2.31. The van der Waals surface area contributed by atoms with Crippen molar-refractivity contribution in [1.82, 2.24) is 19.6 Å². The normalized spacial score (nSPS) is 11.3. The summed E-state index contributed by atoms with van der Waals surface area (Å²) in [7, 11) is 0. The van der Waals surface area contributed by atoms with Crippen LogP contribution < -0.4 is 4.74 Å². The van der Waals surface area contributed by atoms with Gasteiger partial charge in [0, 0.05) is 30.3 Å². The second-order valence-corrected chi connectivity index (χ2v) is 10.4. The zero-order valence-electron chi connectivity index (χ0n) is 24.2. The van der Waals surface area contributed by atoms with Crippen molar-refractivity contribution in [2.24, 2.45) is 0 Å². The Balaban J connectivity index is 1.44. The van der Waals surface area contributed by atoms with Crippen LogP contribution >= 0.6 is 0 Å². The molecule has 5 aromatic rings. The van der Waals surface area contributed by atoms with Gasteiger partial charge in [0.1, 0.15) is 12.4 Å². The van der Waals surface area contributed by atoms with Gasteiger partial charge in [-0.1, -0.05) is 118 Å². The van der Waals surface area contributed by atoms with Gasteiger partial charge >= 0.3 is 0 Å². The second-order valence-electron chi connectivity index (χ2n) is 10.4. The van der Waals surface area contributed by atoms with E-state index in [-0.39, 0.29) is 0 Å². The van der Waals surface area contributed by atoms with E-state index in [1.807, 2.05) is 36.4 Å². The van der Waals surface area contributed by atoms with Crippen molar-refractivity contribution in [3.63, 3.8) is 0 Å². The highest BCUT2D eigenvalue weighted by atomic mass is 16.5. The van der Waals surface area contributed by atoms with E-state index in [0.717, 1.165) is 79.3 Å². The molecule has 0 N–H and O–H groups in total. The molecule has 0 saturated carbocycles. The van der Waals surface area contributed by atoms with E-state index in [1.54, 1.807) is 0 Å². The van der Waals surface area contributed by atoms with Crippen LogP contribution in [0.3, 0.4) is 0 Å². The molecule has 5 rings (SSSR count). The highest BCUT2D eigenvalue weighted by Gasteiger charge is 2.22. The van der Waals surface area contributed by atoms with Gasteiger partial charge < -0.3 is 13.8 Å². The Morgan fingerprint density at radius 1 is 0.780 bits per heavy atom. The van der Waals surface area contributed by atoms with Crippen LogP contribution in [0.4, 0.5) is 0 Å². The summed E-state index contributed by atoms with van der Waals surface area (Å²) in [5.74, 6) is 2.34. The van der Waals surface area contributed by atoms with Crippen molar-refractivity contribution in [3.05, 3.63) is 114 Å². The summed E-state index contributed by atoms with van der Waals surface area (Å²) < 4.78 is 14.1. The highest BCUT2D eigenvalue weighted by molar-refractivity contribution is 5.68. The summed E-state index contributed by atoms with van der Waals surface area (Å²) in [4.78, 5) is 7.73. The maximum atomic E-state index is 5.91. The zero-order chi connectivity index (χ0) is 28.3. The first-order chi connectivity index (χ1) is 20.2. The fraction of sp³-hybridized carbons (Fsp3) is 0.314. The van der Waals surface area contributed by atoms with Crippen molar-refractivity contribution < 1.29 is 9.26 Å². The molecular weight excluding hydrogens is 508 g/mol. The van der Waals surface area contributed by atoms with Gasteiger partial charge in [0.2, 0.25) is 0 Å². The predicted molar refractivity (Wildman–Crippen MR) is 164 cm³/mol. The number of hydrogen-bond acceptors (Lipinski definition) is 5. The average molecular weight is 549 g/mol. The van der Waals surface area contributed by atoms with Crippen molar-refractivity contribution in [2.45, 2.75) is 65.8 Å². The van der Waals surface area contributed by atoms with Crippen molar-refractivity contribution in [2.75, 3.05) is 6.54 Å². The fourth-order valence-electron chi connectivity index (χ4n) is 5.03. The van der Waals surface area contributed by atoms with Crippen LogP contribution in [0.1, 0.15) is 56.5 Å². The van der Waals surface area contributed by atoms with E-state index in [1.165, 1.54) is 5.69 Å². The molecule has 6 heteroatoms. The van der Waals surface area contributed by atoms with E-state index < -0.39 is 0 Å². The summed E-state index contributed by atoms with van der Waals surface area (Å²) in [6.07, 6.45) is 4.43. The maximum Gasteiger partial charge on any atom is 0.254 e. The first-order valence-corrected chi connectivity index (χ1v) is 14.8. The third-order valence-electron chi connectivity index (χ3n) is 7.23. The molecule has 0 fully saturated rings. The van der Waals surface area contributed by atoms with Crippen LogP contribution in [0.2, 0.25) is 0 Å². The summed E-state index contributed by atoms with van der Waals surface area (Å²) in [6.45, 7) is 8.22. The Bertz CT molecular complexity index is 1460. The van der Waals surface area contributed by atoms with Gasteiger partial charge in [-0.2, -0.15) is 0 Å². The minimum atomic E-state index is 0.464. The van der Waals surface area contributed by atoms with Gasteiger partial charge in [-0.05, 0) is 30.1 Å². The van der Waals surface area contributed by atoms with Crippen LogP contribution in [0, 0.1) is 0 Å². The lowest BCUT2D eigenvalue weighted by Crippen LogP contribution is -2.26. The molecule has 0 amide bonds. The minimum Gasteiger partial charge on any atom is -0.471 e. The molecule has 0 radical (unpaired) electrons. The quantitative estimate of drug-likeness (QED) is 0.131. The number of unbranched alkanes of at least 4 members (excludes halogenated alkanes) is 2. The molecule has 0 aliphatic heterocycles. The molecule has 0 saturated heterocycles. The molecule has 2 aromatic heterocycles. The van der Waals surface area contributed by atoms with E-state index in [0.29, 0.717) is 19.0 Å². The van der Waals surface area contributed by atoms with Crippen LogP contribution in [-0.2, 0) is 26.2 Å². The van der Waals surface area contributed by atoms with Gasteiger partial charge in [0.05, 0.1) is 17.9 Å². The molecule has 0 atom stereocenters. The molecule has 0 aliphatic rings. The van der Waals surface area contributed by atoms with Crippen molar-refractivity contribution in [3.8, 4) is 28.5 Å². The first kappa shape index (κ1) is 28.4. The van der Waals surface area contributed by atoms with Gasteiger partial charge in [-0.15, -0.1) is 0 Å². The van der Waals surface area contributed by atoms with Gasteiger partial charge in [-0.25, -0.2) is 4.98 Å². The minimum absolute atomic E-state index is 0.464. The Morgan fingerprint density at radius 2 is 1.44 bits per heavy atom. The molecule has 212 valence electrons. The number of benzene rings is 3. The second kappa shape index (κ2) is 14.5. The molecule has 6 nitrogen and oxygen atoms in total. The number of ether oxygens (including phenoxy) is 1. The van der Waals surface area contributed by atoms with Gasteiger partial charge in [0.25, 0.3) is 5.88 Å². The molecule has 3 aromatic carbocycles. The lowest BCUT2D eigenvalue weighted by Gasteiger charge is -2.23. The first-order valence-electron chi connectivity index (χ1n) is 14.8. The molecule has 2 heterocycles. The topological polar surface area (TPSA) is 56.3 Å². The largest absolute Gasteiger partial charge is 0.471 e. The summed E-state index contributed by atoms with van der Waals surface area (Å²) >= 11 is 0. The maximum absolute atomic E-state index is 5.91. The number of nitrogens with zero attached hydrogens (tertiary/aromatic N) is 4. The Morgan fingerprint density at radius 3 is 2.12 bits per heavy atom. The van der Waals surface area contributed by atoms with Crippen molar-refractivity contribution in [1.29, 1.82) is 0 Å². The Hall–Kier alpha value is -4.16. The van der Waals surface area contributed by atoms with Crippen LogP contribution in [0.15, 0.2) is 102 Å². The van der Waals surface area contributed by atoms with Crippen LogP contribution in [0.5, 0.6) is 5.88 Å². The Labute approximate surface area is 243 Å². The molecule has 41 heavy (non-hydrogen) atoms.